The van der Waals surface area contributed by atoms with Crippen molar-refractivity contribution in [2.75, 3.05) is 13.4 Å². The van der Waals surface area contributed by atoms with Gasteiger partial charge in [-0.2, -0.15) is 0 Å². The number of aromatic amines is 1. The fraction of sp³-hybridized carbons (Fsp3) is 0.333. The fourth-order valence-electron chi connectivity index (χ4n) is 3.11. The van der Waals surface area contributed by atoms with Crippen LogP contribution in [0.2, 0.25) is 25.7 Å². The third-order valence-corrected chi connectivity index (χ3v) is 7.23. The first-order chi connectivity index (χ1) is 13.7. The number of H-pyrrole nitrogens is 1. The molecule has 29 heavy (non-hydrogen) atoms. The molecule has 8 heteroatoms. The molecule has 1 N–H and O–H groups in total. The van der Waals surface area contributed by atoms with Crippen LogP contribution in [-0.4, -0.2) is 31.4 Å². The number of hydrogen-bond donors (Lipinski definition) is 1. The lowest BCUT2D eigenvalue weighted by Gasteiger charge is -2.16. The van der Waals surface area contributed by atoms with Crippen LogP contribution in [0.1, 0.15) is 5.56 Å². The highest BCUT2D eigenvalue weighted by Gasteiger charge is 2.26. The van der Waals surface area contributed by atoms with Crippen molar-refractivity contribution in [3.63, 3.8) is 0 Å². The molecule has 2 aromatic carbocycles. The molecule has 0 aliphatic carbocycles. The van der Waals surface area contributed by atoms with Crippen molar-refractivity contribution in [3.05, 3.63) is 56.5 Å². The fourth-order valence-corrected chi connectivity index (χ4v) is 4.59. The topological polar surface area (TPSA) is 77.4 Å². The van der Waals surface area contributed by atoms with Crippen LogP contribution in [0.15, 0.2) is 40.9 Å². The first kappa shape index (κ1) is 21.5. The Kier molecular flexibility index (Phi) is 6.45. The predicted octanol–water partition coefficient (Wildman–Crippen LogP) is 6.51. The van der Waals surface area contributed by atoms with E-state index in [-0.39, 0.29) is 17.4 Å². The Balaban J connectivity index is 1.95. The van der Waals surface area contributed by atoms with E-state index < -0.39 is 8.07 Å². The molecular formula is C21H25BrN2O4Si. The van der Waals surface area contributed by atoms with E-state index in [0.717, 1.165) is 17.3 Å². The summed E-state index contributed by atoms with van der Waals surface area (Å²) in [7, 11) is -1.18. The van der Waals surface area contributed by atoms with E-state index in [9.17, 15) is 10.1 Å². The summed E-state index contributed by atoms with van der Waals surface area (Å²) in [5.74, 6) is 0.441. The second-order valence-corrected chi connectivity index (χ2v) is 14.6. The third kappa shape index (κ3) is 4.88. The van der Waals surface area contributed by atoms with E-state index in [1.807, 2.05) is 36.4 Å². The second-order valence-electron chi connectivity index (χ2n) is 8.19. The van der Waals surface area contributed by atoms with Crippen LogP contribution in [-0.2, 0) is 4.74 Å². The summed E-state index contributed by atoms with van der Waals surface area (Å²) in [6.45, 7) is 9.23. The Bertz CT molecular complexity index is 1030. The highest BCUT2D eigenvalue weighted by molar-refractivity contribution is 9.10. The maximum Gasteiger partial charge on any atom is 0.299 e. The Morgan fingerprint density at radius 2 is 1.90 bits per heavy atom. The number of halogens is 1. The van der Waals surface area contributed by atoms with Gasteiger partial charge in [0.05, 0.1) is 15.0 Å². The zero-order chi connectivity index (χ0) is 21.2. The molecule has 0 unspecified atom stereocenters. The standard InChI is InChI=1S/C21H25BrN2O4Si/c1-14-20(24(25)26)19-16(12-17(23-19)15-8-6-5-7-9-15)18(22)21(14)28-13-27-10-11-29(2,3)4/h5-9,12,23H,10-11,13H2,1-4H3. The quantitative estimate of drug-likeness (QED) is 0.132. The van der Waals surface area contributed by atoms with Crippen molar-refractivity contribution >= 4 is 40.6 Å². The van der Waals surface area contributed by atoms with Crippen molar-refractivity contribution in [1.82, 2.24) is 4.98 Å². The molecule has 3 rings (SSSR count). The van der Waals surface area contributed by atoms with Gasteiger partial charge in [-0.05, 0) is 40.5 Å². The Hall–Kier alpha value is -2.16. The van der Waals surface area contributed by atoms with Crippen LogP contribution < -0.4 is 4.74 Å². The van der Waals surface area contributed by atoms with Crippen molar-refractivity contribution in [1.29, 1.82) is 0 Å². The lowest BCUT2D eigenvalue weighted by atomic mass is 10.1. The number of fused-ring (bicyclic) bond motifs is 1. The van der Waals surface area contributed by atoms with Crippen LogP contribution >= 0.6 is 15.9 Å². The summed E-state index contributed by atoms with van der Waals surface area (Å²) in [6.07, 6.45) is 0. The van der Waals surface area contributed by atoms with Crippen LogP contribution in [0.5, 0.6) is 5.75 Å². The molecule has 0 aliphatic rings. The van der Waals surface area contributed by atoms with Gasteiger partial charge in [-0.1, -0.05) is 50.0 Å². The normalized spacial score (nSPS) is 11.8. The minimum Gasteiger partial charge on any atom is -0.466 e. The van der Waals surface area contributed by atoms with E-state index in [2.05, 4.69) is 40.6 Å². The number of nitro groups is 1. The molecule has 1 heterocycles. The number of rotatable bonds is 8. The lowest BCUT2D eigenvalue weighted by Crippen LogP contribution is -2.22. The van der Waals surface area contributed by atoms with Gasteiger partial charge < -0.3 is 14.5 Å². The van der Waals surface area contributed by atoms with Gasteiger partial charge in [0, 0.05) is 25.8 Å². The van der Waals surface area contributed by atoms with Gasteiger partial charge >= 0.3 is 0 Å². The number of ether oxygens (including phenoxy) is 2. The summed E-state index contributed by atoms with van der Waals surface area (Å²) < 4.78 is 12.1. The average molecular weight is 477 g/mol. The van der Waals surface area contributed by atoms with Crippen molar-refractivity contribution in [2.45, 2.75) is 32.6 Å². The molecule has 0 spiro atoms. The zero-order valence-electron chi connectivity index (χ0n) is 17.0. The second kappa shape index (κ2) is 8.69. The van der Waals surface area contributed by atoms with Crippen molar-refractivity contribution < 1.29 is 14.4 Å². The molecule has 0 saturated carbocycles. The molecule has 0 amide bonds. The summed E-state index contributed by atoms with van der Waals surface area (Å²) in [5, 5.41) is 12.5. The van der Waals surface area contributed by atoms with E-state index in [1.165, 1.54) is 0 Å². The van der Waals surface area contributed by atoms with Crippen molar-refractivity contribution in [2.24, 2.45) is 0 Å². The summed E-state index contributed by atoms with van der Waals surface area (Å²) >= 11 is 3.59. The minimum absolute atomic E-state index is 0.0162. The van der Waals surface area contributed by atoms with Gasteiger partial charge in [-0.25, -0.2) is 0 Å². The van der Waals surface area contributed by atoms with Crippen LogP contribution in [0, 0.1) is 17.0 Å². The molecule has 6 nitrogen and oxygen atoms in total. The molecular weight excluding hydrogens is 452 g/mol. The average Bonchev–Trinajstić information content (AvgIpc) is 3.08. The lowest BCUT2D eigenvalue weighted by molar-refractivity contribution is -0.383. The van der Waals surface area contributed by atoms with Gasteiger partial charge in [0.2, 0.25) is 0 Å². The van der Waals surface area contributed by atoms with E-state index in [0.29, 0.717) is 33.3 Å². The maximum atomic E-state index is 11.8. The highest BCUT2D eigenvalue weighted by atomic mass is 79.9. The van der Waals surface area contributed by atoms with Crippen LogP contribution in [0.4, 0.5) is 5.69 Å². The van der Waals surface area contributed by atoms with E-state index in [4.69, 9.17) is 9.47 Å². The number of nitro benzene ring substituents is 1. The molecule has 0 radical (unpaired) electrons. The molecule has 0 atom stereocenters. The summed E-state index contributed by atoms with van der Waals surface area (Å²) in [6, 6.07) is 12.7. The first-order valence-corrected chi connectivity index (χ1v) is 13.9. The van der Waals surface area contributed by atoms with Gasteiger partial charge in [0.1, 0.15) is 11.3 Å². The monoisotopic (exact) mass is 476 g/mol. The van der Waals surface area contributed by atoms with E-state index in [1.54, 1.807) is 6.92 Å². The SMILES string of the molecule is Cc1c(OCOCC[Si](C)(C)C)c(Br)c2cc(-c3ccccc3)[nH]c2c1[N+](=O)[O-]. The van der Waals surface area contributed by atoms with Crippen LogP contribution in [0.25, 0.3) is 22.2 Å². The first-order valence-electron chi connectivity index (χ1n) is 9.44. The highest BCUT2D eigenvalue weighted by Crippen LogP contribution is 2.44. The summed E-state index contributed by atoms with van der Waals surface area (Å²) in [4.78, 5) is 14.7. The number of hydrogen-bond acceptors (Lipinski definition) is 4. The number of benzene rings is 2. The number of nitrogens with zero attached hydrogens (tertiary/aromatic N) is 1. The Labute approximate surface area is 179 Å². The molecule has 154 valence electrons. The number of nitrogens with one attached hydrogen (secondary N) is 1. The molecule has 0 saturated heterocycles. The molecule has 1 aromatic heterocycles. The smallest absolute Gasteiger partial charge is 0.299 e. The zero-order valence-corrected chi connectivity index (χ0v) is 19.6. The van der Waals surface area contributed by atoms with Gasteiger partial charge in [-0.15, -0.1) is 0 Å². The van der Waals surface area contributed by atoms with Crippen LogP contribution in [0.3, 0.4) is 0 Å². The van der Waals surface area contributed by atoms with Crippen molar-refractivity contribution in [3.8, 4) is 17.0 Å². The Morgan fingerprint density at radius 1 is 1.21 bits per heavy atom. The van der Waals surface area contributed by atoms with Gasteiger partial charge in [0.15, 0.2) is 6.79 Å². The maximum absolute atomic E-state index is 11.8. The molecule has 0 bridgehead atoms. The van der Waals surface area contributed by atoms with Gasteiger partial charge in [-0.3, -0.25) is 10.1 Å². The minimum atomic E-state index is -1.18. The predicted molar refractivity (Wildman–Crippen MR) is 122 cm³/mol. The summed E-state index contributed by atoms with van der Waals surface area (Å²) in [5.41, 5.74) is 2.73. The largest absolute Gasteiger partial charge is 0.466 e. The molecule has 3 aromatic rings. The molecule has 0 fully saturated rings. The van der Waals surface area contributed by atoms with E-state index >= 15 is 0 Å². The van der Waals surface area contributed by atoms with Gasteiger partial charge in [0.25, 0.3) is 5.69 Å². The molecule has 0 aliphatic heterocycles. The third-order valence-electron chi connectivity index (χ3n) is 4.74. The number of aromatic nitrogens is 1. The Morgan fingerprint density at radius 3 is 2.52 bits per heavy atom.